The zero-order valence-corrected chi connectivity index (χ0v) is 20.8. The lowest BCUT2D eigenvalue weighted by atomic mass is 10.1. The van der Waals surface area contributed by atoms with Crippen molar-refractivity contribution in [2.24, 2.45) is 0 Å². The van der Waals surface area contributed by atoms with E-state index in [9.17, 15) is 9.59 Å². The molecule has 1 aromatic heterocycles. The molecule has 0 radical (unpaired) electrons. The van der Waals surface area contributed by atoms with E-state index in [0.29, 0.717) is 35.5 Å². The van der Waals surface area contributed by atoms with Crippen LogP contribution in [-0.4, -0.2) is 27.0 Å². The third kappa shape index (κ3) is 5.04. The van der Waals surface area contributed by atoms with Gasteiger partial charge in [-0.15, -0.1) is 0 Å². The highest BCUT2D eigenvalue weighted by Gasteiger charge is 2.26. The summed E-state index contributed by atoms with van der Waals surface area (Å²) >= 11 is 3.49. The normalized spacial score (nSPS) is 11.9. The fourth-order valence-electron chi connectivity index (χ4n) is 4.02. The predicted octanol–water partition coefficient (Wildman–Crippen LogP) is 6.21. The molecule has 3 aromatic carbocycles. The number of rotatable bonds is 7. The number of carbonyl (C=O) groups excluding carboxylic acids is 1. The van der Waals surface area contributed by atoms with E-state index in [-0.39, 0.29) is 11.6 Å². The van der Waals surface area contributed by atoms with Crippen molar-refractivity contribution < 1.29 is 4.79 Å². The van der Waals surface area contributed by atoms with Crippen LogP contribution in [-0.2, 0) is 6.54 Å². The molecule has 1 unspecified atom stereocenters. The fraction of sp³-hybridized carbons (Fsp3) is 0.222. The molecular weight excluding hydrogens is 492 g/mol. The number of benzene rings is 3. The maximum absolute atomic E-state index is 13.5. The van der Waals surface area contributed by atoms with E-state index in [2.05, 4.69) is 21.2 Å². The summed E-state index contributed by atoms with van der Waals surface area (Å²) in [6, 6.07) is 24.0. The highest BCUT2D eigenvalue weighted by atomic mass is 79.9. The SMILES string of the molecule is CCCN(C(=O)Nc1ccccc1Br)C(C)c1nc2ccccc2c(=O)n1Cc1ccccc1. The van der Waals surface area contributed by atoms with E-state index in [4.69, 9.17) is 4.98 Å². The number of carbonyl (C=O) groups is 1. The minimum absolute atomic E-state index is 0.112. The molecule has 34 heavy (non-hydrogen) atoms. The van der Waals surface area contributed by atoms with E-state index in [1.807, 2.05) is 86.6 Å². The Morgan fingerprint density at radius 3 is 2.44 bits per heavy atom. The Bertz CT molecular complexity index is 1350. The van der Waals surface area contributed by atoms with E-state index in [1.165, 1.54) is 0 Å². The number of halogens is 1. The average Bonchev–Trinajstić information content (AvgIpc) is 2.86. The number of fused-ring (bicyclic) bond motifs is 1. The lowest BCUT2D eigenvalue weighted by molar-refractivity contribution is 0.188. The summed E-state index contributed by atoms with van der Waals surface area (Å²) in [5.41, 5.74) is 2.20. The second kappa shape index (κ2) is 10.7. The van der Waals surface area contributed by atoms with Gasteiger partial charge in [0.1, 0.15) is 5.82 Å². The number of urea groups is 1. The summed E-state index contributed by atoms with van der Waals surface area (Å²) in [7, 11) is 0. The minimum atomic E-state index is -0.427. The third-order valence-electron chi connectivity index (χ3n) is 5.76. The van der Waals surface area contributed by atoms with Crippen molar-refractivity contribution in [1.82, 2.24) is 14.5 Å². The van der Waals surface area contributed by atoms with E-state index in [0.717, 1.165) is 16.5 Å². The van der Waals surface area contributed by atoms with Crippen molar-refractivity contribution in [3.63, 3.8) is 0 Å². The van der Waals surface area contributed by atoms with Crippen molar-refractivity contribution in [3.05, 3.63) is 105 Å². The highest BCUT2D eigenvalue weighted by molar-refractivity contribution is 9.10. The van der Waals surface area contributed by atoms with Gasteiger partial charge in [0.25, 0.3) is 5.56 Å². The second-order valence-electron chi connectivity index (χ2n) is 8.14. The van der Waals surface area contributed by atoms with Gasteiger partial charge in [-0.05, 0) is 59.1 Å². The Balaban J connectivity index is 1.77. The Kier molecular flexibility index (Phi) is 7.43. The van der Waals surface area contributed by atoms with Crippen molar-refractivity contribution in [1.29, 1.82) is 0 Å². The molecule has 0 bridgehead atoms. The van der Waals surface area contributed by atoms with Crippen LogP contribution in [0, 0.1) is 0 Å². The molecule has 174 valence electrons. The van der Waals surface area contributed by atoms with Crippen LogP contribution in [0.25, 0.3) is 10.9 Å². The molecule has 0 aliphatic rings. The number of hydrogen-bond donors (Lipinski definition) is 1. The predicted molar refractivity (Wildman–Crippen MR) is 140 cm³/mol. The van der Waals surface area contributed by atoms with Crippen LogP contribution in [0.1, 0.15) is 37.7 Å². The molecule has 1 atom stereocenters. The Labute approximate surface area is 207 Å². The van der Waals surface area contributed by atoms with Crippen molar-refractivity contribution in [3.8, 4) is 0 Å². The van der Waals surface area contributed by atoms with Gasteiger partial charge in [-0.25, -0.2) is 9.78 Å². The Morgan fingerprint density at radius 2 is 1.71 bits per heavy atom. The zero-order chi connectivity index (χ0) is 24.1. The van der Waals surface area contributed by atoms with E-state index >= 15 is 0 Å². The summed E-state index contributed by atoms with van der Waals surface area (Å²) in [5, 5.41) is 3.56. The van der Waals surface area contributed by atoms with Crippen LogP contribution < -0.4 is 10.9 Å². The largest absolute Gasteiger partial charge is 0.322 e. The van der Waals surface area contributed by atoms with Crippen LogP contribution in [0.3, 0.4) is 0 Å². The van der Waals surface area contributed by atoms with E-state index < -0.39 is 6.04 Å². The standard InChI is InChI=1S/C27H27BrN4O2/c1-3-17-31(27(34)30-24-16-10-8-14-22(24)28)19(2)25-29-23-15-9-7-13-21(23)26(33)32(25)18-20-11-5-4-6-12-20/h4-16,19H,3,17-18H2,1-2H3,(H,30,34). The Morgan fingerprint density at radius 1 is 1.03 bits per heavy atom. The molecule has 1 heterocycles. The molecule has 4 aromatic rings. The molecular formula is C27H27BrN4O2. The van der Waals surface area contributed by atoms with Gasteiger partial charge < -0.3 is 10.2 Å². The fourth-order valence-corrected chi connectivity index (χ4v) is 4.41. The first-order chi connectivity index (χ1) is 16.5. The second-order valence-corrected chi connectivity index (χ2v) is 9.00. The first kappa shape index (κ1) is 23.7. The number of amides is 2. The highest BCUT2D eigenvalue weighted by Crippen LogP contribution is 2.25. The molecule has 0 saturated heterocycles. The molecule has 4 rings (SSSR count). The van der Waals surface area contributed by atoms with Gasteiger partial charge in [0.2, 0.25) is 0 Å². The lowest BCUT2D eigenvalue weighted by Crippen LogP contribution is -2.40. The van der Waals surface area contributed by atoms with Crippen LogP contribution >= 0.6 is 15.9 Å². The number of anilines is 1. The summed E-state index contributed by atoms with van der Waals surface area (Å²) in [6.07, 6.45) is 0.768. The van der Waals surface area contributed by atoms with Crippen LogP contribution in [0.5, 0.6) is 0 Å². The molecule has 0 saturated carbocycles. The molecule has 2 amide bonds. The molecule has 0 aliphatic heterocycles. The van der Waals surface area contributed by atoms with Gasteiger partial charge in [-0.2, -0.15) is 0 Å². The van der Waals surface area contributed by atoms with Gasteiger partial charge in [-0.1, -0.05) is 61.5 Å². The van der Waals surface area contributed by atoms with Crippen molar-refractivity contribution in [2.75, 3.05) is 11.9 Å². The molecule has 0 aliphatic carbocycles. The van der Waals surface area contributed by atoms with Gasteiger partial charge in [-0.3, -0.25) is 9.36 Å². The summed E-state index contributed by atoms with van der Waals surface area (Å²) in [5.74, 6) is 0.559. The summed E-state index contributed by atoms with van der Waals surface area (Å²) in [6.45, 7) is 4.85. The molecule has 6 nitrogen and oxygen atoms in total. The van der Waals surface area contributed by atoms with E-state index in [1.54, 1.807) is 15.5 Å². The Hall–Kier alpha value is -3.45. The van der Waals surface area contributed by atoms with Crippen LogP contribution in [0.2, 0.25) is 0 Å². The first-order valence-electron chi connectivity index (χ1n) is 11.3. The first-order valence-corrected chi connectivity index (χ1v) is 12.1. The van der Waals surface area contributed by atoms with Crippen molar-refractivity contribution >= 4 is 38.6 Å². The van der Waals surface area contributed by atoms with Gasteiger partial charge >= 0.3 is 6.03 Å². The number of para-hydroxylation sites is 2. The van der Waals surface area contributed by atoms with Gasteiger partial charge in [0, 0.05) is 11.0 Å². The monoisotopic (exact) mass is 518 g/mol. The molecule has 0 fully saturated rings. The van der Waals surface area contributed by atoms with Crippen LogP contribution in [0.4, 0.5) is 10.5 Å². The average molecular weight is 519 g/mol. The topological polar surface area (TPSA) is 67.2 Å². The quantitative estimate of drug-likeness (QED) is 0.316. The smallest absolute Gasteiger partial charge is 0.315 e. The number of hydrogen-bond acceptors (Lipinski definition) is 3. The molecule has 1 N–H and O–H groups in total. The summed E-state index contributed by atoms with van der Waals surface area (Å²) < 4.78 is 2.49. The third-order valence-corrected chi connectivity index (χ3v) is 6.45. The van der Waals surface area contributed by atoms with Gasteiger partial charge in [0.15, 0.2) is 0 Å². The zero-order valence-electron chi connectivity index (χ0n) is 19.2. The maximum atomic E-state index is 13.5. The minimum Gasteiger partial charge on any atom is -0.315 e. The lowest BCUT2D eigenvalue weighted by Gasteiger charge is -2.30. The van der Waals surface area contributed by atoms with Gasteiger partial charge in [0.05, 0.1) is 29.2 Å². The summed E-state index contributed by atoms with van der Waals surface area (Å²) in [4.78, 5) is 33.5. The maximum Gasteiger partial charge on any atom is 0.322 e. The van der Waals surface area contributed by atoms with Crippen molar-refractivity contribution in [2.45, 2.75) is 32.9 Å². The van der Waals surface area contributed by atoms with Crippen LogP contribution in [0.15, 0.2) is 88.1 Å². The molecule has 0 spiro atoms. The number of nitrogens with one attached hydrogen (secondary N) is 1. The molecule has 7 heteroatoms. The number of nitrogens with zero attached hydrogens (tertiary/aromatic N) is 3. The number of aromatic nitrogens is 2.